The van der Waals surface area contributed by atoms with Crippen molar-refractivity contribution in [1.82, 2.24) is 19.8 Å². The highest BCUT2D eigenvalue weighted by Crippen LogP contribution is 2.19. The third-order valence-electron chi connectivity index (χ3n) is 5.00. The molecule has 1 aliphatic heterocycles. The standard InChI is InChI=1S/C20H29N5O2.HI/c1-4-21-20(25-12-10-15(11-13-25)19(26)27-5-2)22-14-18-23-16-8-6-7-9-17(16)24(18)3;/h6-9,15H,4-5,10-14H2,1-3H3,(H,21,22);1H. The van der Waals surface area contributed by atoms with Crippen LogP contribution in [0.2, 0.25) is 0 Å². The molecule has 3 rings (SSSR count). The molecule has 0 spiro atoms. The average molecular weight is 499 g/mol. The Kier molecular flexibility index (Phi) is 8.53. The zero-order valence-electron chi connectivity index (χ0n) is 16.9. The van der Waals surface area contributed by atoms with Crippen molar-refractivity contribution >= 4 is 46.9 Å². The molecule has 0 radical (unpaired) electrons. The fourth-order valence-corrected chi connectivity index (χ4v) is 3.50. The van der Waals surface area contributed by atoms with Crippen molar-refractivity contribution in [3.05, 3.63) is 30.1 Å². The first kappa shape index (κ1) is 22.4. The molecule has 154 valence electrons. The Balaban J connectivity index is 0.00000280. The molecule has 8 heteroatoms. The number of hydrogen-bond donors (Lipinski definition) is 1. The van der Waals surface area contributed by atoms with Gasteiger partial charge in [-0.2, -0.15) is 0 Å². The maximum atomic E-state index is 11.9. The summed E-state index contributed by atoms with van der Waals surface area (Å²) in [5.74, 6) is 1.75. The smallest absolute Gasteiger partial charge is 0.309 e. The van der Waals surface area contributed by atoms with Gasteiger partial charge in [-0.3, -0.25) is 4.79 Å². The molecule has 1 saturated heterocycles. The van der Waals surface area contributed by atoms with Crippen LogP contribution in [0.4, 0.5) is 0 Å². The summed E-state index contributed by atoms with van der Waals surface area (Å²) < 4.78 is 7.25. The lowest BCUT2D eigenvalue weighted by molar-refractivity contribution is -0.149. The van der Waals surface area contributed by atoms with Crippen LogP contribution in [0.3, 0.4) is 0 Å². The molecule has 0 atom stereocenters. The van der Waals surface area contributed by atoms with Crippen LogP contribution in [-0.2, 0) is 23.1 Å². The molecule has 0 unspecified atom stereocenters. The van der Waals surface area contributed by atoms with E-state index in [0.29, 0.717) is 13.2 Å². The lowest BCUT2D eigenvalue weighted by Gasteiger charge is -2.33. The van der Waals surface area contributed by atoms with Crippen LogP contribution in [0.5, 0.6) is 0 Å². The predicted octanol–water partition coefficient (Wildman–Crippen LogP) is 2.93. The number of aromatic nitrogens is 2. The molecule has 0 saturated carbocycles. The Morgan fingerprint density at radius 2 is 2.00 bits per heavy atom. The summed E-state index contributed by atoms with van der Waals surface area (Å²) in [6, 6.07) is 8.11. The first-order valence-corrected chi connectivity index (χ1v) is 9.74. The first-order chi connectivity index (χ1) is 13.1. The second kappa shape index (κ2) is 10.6. The molecule has 1 fully saturated rings. The summed E-state index contributed by atoms with van der Waals surface area (Å²) in [5.41, 5.74) is 2.11. The van der Waals surface area contributed by atoms with Gasteiger partial charge in [0.25, 0.3) is 0 Å². The van der Waals surface area contributed by atoms with Gasteiger partial charge in [0, 0.05) is 26.7 Å². The van der Waals surface area contributed by atoms with E-state index in [9.17, 15) is 4.79 Å². The molecule has 2 aromatic rings. The summed E-state index contributed by atoms with van der Waals surface area (Å²) in [7, 11) is 2.03. The second-order valence-corrected chi connectivity index (χ2v) is 6.76. The van der Waals surface area contributed by atoms with Gasteiger partial charge < -0.3 is 19.5 Å². The van der Waals surface area contributed by atoms with Crippen LogP contribution in [0.1, 0.15) is 32.5 Å². The zero-order valence-corrected chi connectivity index (χ0v) is 19.2. The Labute approximate surface area is 183 Å². The van der Waals surface area contributed by atoms with Crippen molar-refractivity contribution < 1.29 is 9.53 Å². The highest BCUT2D eigenvalue weighted by atomic mass is 127. The zero-order chi connectivity index (χ0) is 19.2. The number of likely N-dealkylation sites (tertiary alicyclic amines) is 1. The molecule has 7 nitrogen and oxygen atoms in total. The molecule has 0 amide bonds. The Hall–Kier alpha value is -1.84. The van der Waals surface area contributed by atoms with Crippen LogP contribution in [0.15, 0.2) is 29.3 Å². The molecule has 1 aromatic heterocycles. The van der Waals surface area contributed by atoms with Gasteiger partial charge in [0.15, 0.2) is 5.96 Å². The number of aliphatic imine (C=N–C) groups is 1. The Morgan fingerprint density at radius 3 is 2.64 bits per heavy atom. The molecule has 1 N–H and O–H groups in total. The van der Waals surface area contributed by atoms with E-state index in [1.807, 2.05) is 32.2 Å². The monoisotopic (exact) mass is 499 g/mol. The number of rotatable bonds is 5. The van der Waals surface area contributed by atoms with Gasteiger partial charge in [0.1, 0.15) is 12.4 Å². The number of piperidine rings is 1. The largest absolute Gasteiger partial charge is 0.466 e. The first-order valence-electron chi connectivity index (χ1n) is 9.74. The number of carbonyl (C=O) groups is 1. The van der Waals surface area contributed by atoms with Crippen molar-refractivity contribution in [2.24, 2.45) is 18.0 Å². The van der Waals surface area contributed by atoms with Crippen LogP contribution >= 0.6 is 24.0 Å². The summed E-state index contributed by atoms with van der Waals surface area (Å²) in [5, 5.41) is 3.37. The van der Waals surface area contributed by atoms with Crippen LogP contribution in [-0.4, -0.2) is 52.6 Å². The summed E-state index contributed by atoms with van der Waals surface area (Å²) in [6.45, 7) is 7.29. The van der Waals surface area contributed by atoms with Gasteiger partial charge in [-0.15, -0.1) is 24.0 Å². The fraction of sp³-hybridized carbons (Fsp3) is 0.550. The lowest BCUT2D eigenvalue weighted by atomic mass is 9.97. The van der Waals surface area contributed by atoms with Gasteiger partial charge >= 0.3 is 5.97 Å². The third kappa shape index (κ3) is 5.15. The highest BCUT2D eigenvalue weighted by molar-refractivity contribution is 14.0. The van der Waals surface area contributed by atoms with Crippen molar-refractivity contribution in [2.45, 2.75) is 33.2 Å². The predicted molar refractivity (Wildman–Crippen MR) is 122 cm³/mol. The van der Waals surface area contributed by atoms with E-state index in [-0.39, 0.29) is 35.9 Å². The normalized spacial score (nSPS) is 15.4. The third-order valence-corrected chi connectivity index (χ3v) is 5.00. The summed E-state index contributed by atoms with van der Waals surface area (Å²) in [4.78, 5) is 23.7. The van der Waals surface area contributed by atoms with Crippen LogP contribution in [0, 0.1) is 5.92 Å². The van der Waals surface area contributed by atoms with Gasteiger partial charge in [-0.25, -0.2) is 9.98 Å². The number of halogens is 1. The van der Waals surface area contributed by atoms with E-state index in [0.717, 1.165) is 55.3 Å². The Bertz CT molecular complexity index is 812. The van der Waals surface area contributed by atoms with Crippen molar-refractivity contribution in [1.29, 1.82) is 0 Å². The SMILES string of the molecule is CCNC(=NCc1nc2ccccc2n1C)N1CCC(C(=O)OCC)CC1.I. The maximum absolute atomic E-state index is 11.9. The number of ether oxygens (including phenoxy) is 1. The van der Waals surface area contributed by atoms with E-state index < -0.39 is 0 Å². The minimum absolute atomic E-state index is 0. The van der Waals surface area contributed by atoms with E-state index in [1.54, 1.807) is 0 Å². The molecular formula is C20H30IN5O2. The van der Waals surface area contributed by atoms with E-state index in [4.69, 9.17) is 14.7 Å². The number of hydrogen-bond acceptors (Lipinski definition) is 4. The van der Waals surface area contributed by atoms with E-state index in [2.05, 4.69) is 27.8 Å². The topological polar surface area (TPSA) is 71.8 Å². The van der Waals surface area contributed by atoms with Crippen molar-refractivity contribution in [3.8, 4) is 0 Å². The van der Waals surface area contributed by atoms with E-state index >= 15 is 0 Å². The van der Waals surface area contributed by atoms with Gasteiger partial charge in [-0.1, -0.05) is 12.1 Å². The summed E-state index contributed by atoms with van der Waals surface area (Å²) in [6.07, 6.45) is 1.60. The number of fused-ring (bicyclic) bond motifs is 1. The molecule has 0 aliphatic carbocycles. The fourth-order valence-electron chi connectivity index (χ4n) is 3.50. The number of imidazole rings is 1. The number of nitrogens with zero attached hydrogens (tertiary/aromatic N) is 4. The van der Waals surface area contributed by atoms with Gasteiger partial charge in [0.2, 0.25) is 0 Å². The number of nitrogens with one attached hydrogen (secondary N) is 1. The Morgan fingerprint density at radius 1 is 1.29 bits per heavy atom. The molecular weight excluding hydrogens is 469 g/mol. The number of benzene rings is 1. The molecule has 0 bridgehead atoms. The minimum atomic E-state index is -0.0706. The average Bonchev–Trinajstić information content (AvgIpc) is 3.01. The van der Waals surface area contributed by atoms with Crippen molar-refractivity contribution in [2.75, 3.05) is 26.2 Å². The number of carbonyl (C=O) groups excluding carboxylic acids is 1. The number of esters is 1. The number of guanidine groups is 1. The molecule has 1 aliphatic rings. The molecule has 2 heterocycles. The van der Waals surface area contributed by atoms with Gasteiger partial charge in [0.05, 0.1) is 23.6 Å². The minimum Gasteiger partial charge on any atom is -0.466 e. The quantitative estimate of drug-likeness (QED) is 0.297. The van der Waals surface area contributed by atoms with E-state index in [1.165, 1.54) is 0 Å². The lowest BCUT2D eigenvalue weighted by Crippen LogP contribution is -2.46. The highest BCUT2D eigenvalue weighted by Gasteiger charge is 2.27. The van der Waals surface area contributed by atoms with Crippen LogP contribution in [0.25, 0.3) is 11.0 Å². The summed E-state index contributed by atoms with van der Waals surface area (Å²) >= 11 is 0. The number of para-hydroxylation sites is 2. The van der Waals surface area contributed by atoms with Gasteiger partial charge in [-0.05, 0) is 38.8 Å². The van der Waals surface area contributed by atoms with Crippen molar-refractivity contribution in [3.63, 3.8) is 0 Å². The second-order valence-electron chi connectivity index (χ2n) is 6.76. The molecule has 1 aromatic carbocycles. The van der Waals surface area contributed by atoms with Crippen LogP contribution < -0.4 is 5.32 Å². The number of aryl methyl sites for hydroxylation is 1. The maximum Gasteiger partial charge on any atom is 0.309 e. The molecule has 28 heavy (non-hydrogen) atoms.